The van der Waals surface area contributed by atoms with Crippen LogP contribution in [0.5, 0.6) is 0 Å². The van der Waals surface area contributed by atoms with Crippen molar-refractivity contribution in [1.82, 2.24) is 41.2 Å². The predicted molar refractivity (Wildman–Crippen MR) is 310 cm³/mol. The minimum Gasteiger partial charge on any atom is -0.354 e. The lowest BCUT2D eigenvalue weighted by molar-refractivity contribution is 0.251. The summed E-state index contributed by atoms with van der Waals surface area (Å²) in [7, 11) is 0. The summed E-state index contributed by atoms with van der Waals surface area (Å²) < 4.78 is 0. The average molecular weight is 1020 g/mol. The quantitative estimate of drug-likeness (QED) is 0.0453. The molecule has 0 unspecified atom stereocenters. The predicted octanol–water partition coefficient (Wildman–Crippen LogP) is 13.4. The third-order valence-electron chi connectivity index (χ3n) is 12.7. The van der Waals surface area contributed by atoms with E-state index in [4.69, 9.17) is 9.97 Å². The van der Waals surface area contributed by atoms with Crippen LogP contribution in [0.25, 0.3) is 90.9 Å². The molecule has 10 N–H and O–H groups in total. The highest BCUT2D eigenvalue weighted by molar-refractivity contribution is 6.07. The van der Waals surface area contributed by atoms with Gasteiger partial charge in [-0.15, -0.1) is 0 Å². The third-order valence-corrected chi connectivity index (χ3v) is 12.7. The first kappa shape index (κ1) is 51.5. The Labute approximate surface area is 441 Å². The number of hydrogen-bond donors (Lipinski definition) is 10. The third kappa shape index (κ3) is 11.5. The fraction of sp³-hybridized carbons (Fsp3) is 0.200. The van der Waals surface area contributed by atoms with Gasteiger partial charge >= 0.3 is 24.1 Å². The second-order valence-corrected chi connectivity index (χ2v) is 18.2. The van der Waals surface area contributed by atoms with Crippen molar-refractivity contribution >= 4 is 93.2 Å². The number of hydrogen-bond acceptors (Lipinski definition) is 6. The van der Waals surface area contributed by atoms with Crippen molar-refractivity contribution in [3.63, 3.8) is 0 Å². The van der Waals surface area contributed by atoms with E-state index in [1.54, 1.807) is 0 Å². The number of para-hydroxylation sites is 4. The molecule has 0 spiro atoms. The molecule has 2 aliphatic heterocycles. The van der Waals surface area contributed by atoms with Gasteiger partial charge in [0.15, 0.2) is 0 Å². The topological polar surface area (TPSA) is 222 Å². The molecule has 2 aliphatic rings. The van der Waals surface area contributed by atoms with Crippen LogP contribution >= 0.6 is 0 Å². The summed E-state index contributed by atoms with van der Waals surface area (Å²) in [5.74, 6) is 0. The molecule has 0 saturated carbocycles. The number of fused-ring (bicyclic) bond motifs is 8. The molecule has 16 heteroatoms. The van der Waals surface area contributed by atoms with Gasteiger partial charge in [-0.2, -0.15) is 0 Å². The number of aromatic nitrogens is 4. The number of benzene rings is 4. The van der Waals surface area contributed by atoms with Crippen LogP contribution in [-0.4, -0.2) is 70.2 Å². The van der Waals surface area contributed by atoms with E-state index < -0.39 is 0 Å². The highest BCUT2D eigenvalue weighted by Gasteiger charge is 2.23. The van der Waals surface area contributed by atoms with Crippen LogP contribution in [0, 0.1) is 0 Å². The number of urea groups is 4. The first-order valence-corrected chi connectivity index (χ1v) is 25.9. The van der Waals surface area contributed by atoms with Crippen LogP contribution in [0.15, 0.2) is 121 Å². The Morgan fingerprint density at radius 1 is 0.342 bits per heavy atom. The summed E-state index contributed by atoms with van der Waals surface area (Å²) in [6, 6.07) is 37.0. The van der Waals surface area contributed by atoms with Gasteiger partial charge in [0.2, 0.25) is 0 Å². The molecular weight excluding hydrogens is 953 g/mol. The lowest BCUT2D eigenvalue weighted by Gasteiger charge is -2.14. The lowest BCUT2D eigenvalue weighted by Crippen LogP contribution is -2.29. The molecule has 7 aromatic rings. The zero-order valence-electron chi connectivity index (χ0n) is 43.0. The standard InChI is InChI=1S/C60H62N12O4/c1-5-33-61-57(73)69-41-21-13-9-17-37(41)53-45-25-27-47(65-45)54(38-18-10-14-22-42(38)70-58(74)62-34-6-2)49-29-31-51(67-49)56(40-20-12-16-24-44(40)72-60(76)64-36-8-4)52-32-30-50(68-52)55(48-28-26-46(53)66-48)39-19-11-15-23-43(39)71-59(75)63-35-7-3/h9-32,65,68H,5-8,33-36H2,1-4H3,(H2,61,69,73)(H2,62,70,74)(H2,63,71,75)(H2,64,72,76). The largest absolute Gasteiger partial charge is 0.354 e. The SMILES string of the molecule is CCCNC(=O)Nc1ccccc1-c1c2nc(c(-c3ccccc3NC(=O)NCCC)c3ccc([nH]3)c(-c3ccccc3NC(=O)NCCC)c3nc(c(-c4ccccc4NC(=O)NCCC)c4ccc1[nH]4)C=C3)C=C2. The van der Waals surface area contributed by atoms with E-state index in [0.717, 1.165) is 25.7 Å². The number of carbonyl (C=O) groups is 4. The molecule has 0 aliphatic carbocycles. The number of anilines is 4. The maximum Gasteiger partial charge on any atom is 0.319 e. The van der Waals surface area contributed by atoms with E-state index in [1.807, 2.05) is 173 Å². The lowest BCUT2D eigenvalue weighted by atomic mass is 10.0. The van der Waals surface area contributed by atoms with E-state index in [2.05, 4.69) is 52.5 Å². The summed E-state index contributed by atoms with van der Waals surface area (Å²) in [4.78, 5) is 72.1. The number of H-pyrrole nitrogens is 2. The Balaban J connectivity index is 1.42. The van der Waals surface area contributed by atoms with Crippen LogP contribution in [0.4, 0.5) is 41.9 Å². The van der Waals surface area contributed by atoms with Crippen LogP contribution in [0.2, 0.25) is 0 Å². The number of amides is 8. The summed E-state index contributed by atoms with van der Waals surface area (Å²) in [6.45, 7) is 9.99. The molecule has 8 amide bonds. The van der Waals surface area contributed by atoms with Crippen LogP contribution < -0.4 is 42.5 Å². The van der Waals surface area contributed by atoms with Gasteiger partial charge in [0.05, 0.1) is 45.5 Å². The monoisotopic (exact) mass is 1010 g/mol. The molecule has 4 aromatic carbocycles. The molecule has 9 rings (SSSR count). The molecule has 3 aromatic heterocycles. The van der Waals surface area contributed by atoms with Gasteiger partial charge in [0.1, 0.15) is 0 Å². The highest BCUT2D eigenvalue weighted by Crippen LogP contribution is 2.43. The van der Waals surface area contributed by atoms with Gasteiger partial charge in [-0.05, 0) is 98.5 Å². The number of rotatable bonds is 16. The van der Waals surface area contributed by atoms with Crippen LogP contribution in [0.1, 0.15) is 76.2 Å². The smallest absolute Gasteiger partial charge is 0.319 e. The average Bonchev–Trinajstić information content (AvgIpc) is 4.30. The molecular formula is C60H62N12O4. The minimum atomic E-state index is -0.341. The first-order valence-electron chi connectivity index (χ1n) is 25.9. The van der Waals surface area contributed by atoms with Crippen LogP contribution in [-0.2, 0) is 0 Å². The second kappa shape index (κ2) is 24.1. The van der Waals surface area contributed by atoms with Gasteiger partial charge in [0.25, 0.3) is 0 Å². The Hall–Kier alpha value is -9.44. The molecule has 16 nitrogen and oxygen atoms in total. The summed E-state index contributed by atoms with van der Waals surface area (Å²) in [5.41, 5.74) is 12.9. The zero-order valence-corrected chi connectivity index (χ0v) is 43.0. The van der Waals surface area contributed by atoms with Crippen molar-refractivity contribution in [2.45, 2.75) is 53.4 Å². The maximum atomic E-state index is 13.4. The second-order valence-electron chi connectivity index (χ2n) is 18.2. The van der Waals surface area contributed by atoms with Gasteiger partial charge < -0.3 is 52.5 Å². The Morgan fingerprint density at radius 3 is 0.789 bits per heavy atom. The molecule has 386 valence electrons. The fourth-order valence-corrected chi connectivity index (χ4v) is 9.20. The van der Waals surface area contributed by atoms with Crippen molar-refractivity contribution < 1.29 is 19.2 Å². The molecule has 0 atom stereocenters. The normalized spacial score (nSPS) is 11.4. The molecule has 5 heterocycles. The van der Waals surface area contributed by atoms with E-state index in [9.17, 15) is 19.2 Å². The molecule has 76 heavy (non-hydrogen) atoms. The molecule has 0 saturated heterocycles. The van der Waals surface area contributed by atoms with Crippen LogP contribution in [0.3, 0.4) is 0 Å². The van der Waals surface area contributed by atoms with E-state index in [-0.39, 0.29) is 24.1 Å². The summed E-state index contributed by atoms with van der Waals surface area (Å²) in [6.07, 6.45) is 10.9. The number of nitrogens with one attached hydrogen (secondary N) is 10. The Bertz CT molecular complexity index is 3100. The van der Waals surface area contributed by atoms with Gasteiger partial charge in [-0.25, -0.2) is 29.1 Å². The number of aromatic amines is 2. The van der Waals surface area contributed by atoms with Crippen molar-refractivity contribution in [2.75, 3.05) is 47.4 Å². The highest BCUT2D eigenvalue weighted by atomic mass is 16.2. The molecule has 0 fully saturated rings. The van der Waals surface area contributed by atoms with Crippen molar-refractivity contribution in [2.24, 2.45) is 0 Å². The minimum absolute atomic E-state index is 0.341. The fourth-order valence-electron chi connectivity index (χ4n) is 9.20. The summed E-state index contributed by atoms with van der Waals surface area (Å²) in [5, 5.41) is 24.1. The Kier molecular flexibility index (Phi) is 16.3. The first-order chi connectivity index (χ1) is 37.2. The van der Waals surface area contributed by atoms with E-state index >= 15 is 0 Å². The van der Waals surface area contributed by atoms with Gasteiger partial charge in [-0.3, -0.25) is 0 Å². The van der Waals surface area contributed by atoms with Crippen molar-refractivity contribution in [3.05, 3.63) is 144 Å². The molecule has 8 bridgehead atoms. The molecule has 0 radical (unpaired) electrons. The summed E-state index contributed by atoms with van der Waals surface area (Å²) >= 11 is 0. The number of carbonyl (C=O) groups excluding carboxylic acids is 4. The number of nitrogens with zero attached hydrogens (tertiary/aromatic N) is 2. The van der Waals surface area contributed by atoms with Crippen molar-refractivity contribution in [1.29, 1.82) is 0 Å². The van der Waals surface area contributed by atoms with Gasteiger partial charge in [0, 0.05) is 92.8 Å². The van der Waals surface area contributed by atoms with E-state index in [1.165, 1.54) is 0 Å². The maximum absolute atomic E-state index is 13.4. The van der Waals surface area contributed by atoms with Gasteiger partial charge in [-0.1, -0.05) is 100 Å². The zero-order chi connectivity index (χ0) is 53.0. The Morgan fingerprint density at radius 2 is 0.566 bits per heavy atom. The van der Waals surface area contributed by atoms with Crippen molar-refractivity contribution in [3.8, 4) is 44.5 Å². The van der Waals surface area contributed by atoms with E-state index in [0.29, 0.717) is 138 Å².